The van der Waals surface area contributed by atoms with Gasteiger partial charge in [0.15, 0.2) is 5.82 Å². The lowest BCUT2D eigenvalue weighted by Gasteiger charge is -2.34. The first-order valence-electron chi connectivity index (χ1n) is 8.66. The van der Waals surface area contributed by atoms with Crippen molar-refractivity contribution < 1.29 is 5.11 Å². The molecule has 0 saturated heterocycles. The molecule has 2 N–H and O–H groups in total. The normalized spacial score (nSPS) is 21.5. The Morgan fingerprint density at radius 2 is 1.88 bits per heavy atom. The van der Waals surface area contributed by atoms with Crippen molar-refractivity contribution in [2.24, 2.45) is 0 Å². The first-order chi connectivity index (χ1) is 12.2. The smallest absolute Gasteiger partial charge is 0.180 e. The molecule has 2 aliphatic heterocycles. The lowest BCUT2D eigenvalue weighted by Crippen LogP contribution is -2.38. The summed E-state index contributed by atoms with van der Waals surface area (Å²) in [6.45, 7) is 5.61. The highest BCUT2D eigenvalue weighted by atomic mass is 16.3. The molecule has 2 unspecified atom stereocenters. The molecule has 6 nitrogen and oxygen atoms in total. The summed E-state index contributed by atoms with van der Waals surface area (Å²) in [5.74, 6) is 1.75. The van der Waals surface area contributed by atoms with E-state index >= 15 is 0 Å². The van der Waals surface area contributed by atoms with E-state index in [1.807, 2.05) is 13.0 Å². The molecule has 0 fully saturated rings. The van der Waals surface area contributed by atoms with Crippen LogP contribution in [0, 0.1) is 6.92 Å². The summed E-state index contributed by atoms with van der Waals surface area (Å²) in [6.07, 6.45) is 4.52. The number of hydrogen-bond donors (Lipinski definition) is 2. The number of aliphatic hydroxyl groups excluding tert-OH is 1. The van der Waals surface area contributed by atoms with E-state index in [1.54, 1.807) is 0 Å². The van der Waals surface area contributed by atoms with E-state index in [0.29, 0.717) is 6.54 Å². The summed E-state index contributed by atoms with van der Waals surface area (Å²) in [5, 5.41) is 21.1. The van der Waals surface area contributed by atoms with Crippen LogP contribution in [0.4, 0.5) is 0 Å². The summed E-state index contributed by atoms with van der Waals surface area (Å²) < 4.78 is 2.19. The zero-order valence-corrected chi connectivity index (χ0v) is 14.6. The van der Waals surface area contributed by atoms with E-state index in [0.717, 1.165) is 23.9 Å². The summed E-state index contributed by atoms with van der Waals surface area (Å²) >= 11 is 0. The third-order valence-corrected chi connectivity index (χ3v) is 4.94. The van der Waals surface area contributed by atoms with Crippen LogP contribution in [0.2, 0.25) is 0 Å². The largest absolute Gasteiger partial charge is 0.395 e. The topological polar surface area (TPSA) is 66.2 Å². The van der Waals surface area contributed by atoms with Crippen LogP contribution in [0.5, 0.6) is 0 Å². The molecule has 2 aliphatic rings. The molecule has 1 aromatic carbocycles. The molecular weight excluding hydrogens is 314 g/mol. The molecule has 1 aromatic heterocycles. The SMILES string of the molecule is CC1=CC2C(C=C(NCCO)c3nnc(C)n32)N1Cc1ccccc1. The number of aromatic nitrogens is 3. The Balaban J connectivity index is 1.70. The van der Waals surface area contributed by atoms with Gasteiger partial charge in [-0.1, -0.05) is 30.3 Å². The lowest BCUT2D eigenvalue weighted by molar-refractivity contribution is 0.266. The van der Waals surface area contributed by atoms with Crippen molar-refractivity contribution in [3.05, 3.63) is 65.4 Å². The maximum absolute atomic E-state index is 9.17. The average molecular weight is 337 g/mol. The minimum Gasteiger partial charge on any atom is -0.395 e. The second-order valence-electron chi connectivity index (χ2n) is 6.57. The van der Waals surface area contributed by atoms with E-state index < -0.39 is 0 Å². The highest BCUT2D eigenvalue weighted by Crippen LogP contribution is 2.39. The fourth-order valence-electron chi connectivity index (χ4n) is 3.77. The molecule has 3 heterocycles. The van der Waals surface area contributed by atoms with Crippen molar-refractivity contribution in [3.63, 3.8) is 0 Å². The standard InChI is InChI=1S/C19H23N5O/c1-13-10-18-17(23(13)12-15-6-4-3-5-7-15)11-16(20-8-9-25)19-22-21-14(2)24(18)19/h3-7,10-11,17-18,20,25H,8-9,12H2,1-2H3. The third kappa shape index (κ3) is 2.72. The van der Waals surface area contributed by atoms with Gasteiger partial charge in [0, 0.05) is 18.8 Å². The number of hydrogen-bond acceptors (Lipinski definition) is 5. The average Bonchev–Trinajstić information content (AvgIpc) is 3.15. The molecule has 0 saturated carbocycles. The molecular formula is C19H23N5O. The van der Waals surface area contributed by atoms with E-state index in [2.05, 4.69) is 68.3 Å². The molecule has 25 heavy (non-hydrogen) atoms. The number of nitrogens with one attached hydrogen (secondary N) is 1. The highest BCUT2D eigenvalue weighted by molar-refractivity contribution is 5.62. The van der Waals surface area contributed by atoms with Crippen LogP contribution in [-0.2, 0) is 6.54 Å². The van der Waals surface area contributed by atoms with Gasteiger partial charge in [-0.3, -0.25) is 0 Å². The molecule has 0 spiro atoms. The number of nitrogens with zero attached hydrogens (tertiary/aromatic N) is 4. The molecule has 0 radical (unpaired) electrons. The van der Waals surface area contributed by atoms with Crippen molar-refractivity contribution in [1.29, 1.82) is 0 Å². The second-order valence-corrected chi connectivity index (χ2v) is 6.57. The van der Waals surface area contributed by atoms with Crippen LogP contribution in [0.1, 0.15) is 30.2 Å². The van der Waals surface area contributed by atoms with Crippen LogP contribution in [0.15, 0.2) is 48.2 Å². The molecule has 6 heteroatoms. The maximum Gasteiger partial charge on any atom is 0.180 e. The van der Waals surface area contributed by atoms with Gasteiger partial charge in [0.2, 0.25) is 0 Å². The summed E-state index contributed by atoms with van der Waals surface area (Å²) in [4.78, 5) is 2.42. The predicted molar refractivity (Wildman–Crippen MR) is 96.4 cm³/mol. The molecule has 2 aromatic rings. The maximum atomic E-state index is 9.17. The molecule has 0 amide bonds. The van der Waals surface area contributed by atoms with Crippen molar-refractivity contribution in [3.8, 4) is 0 Å². The Morgan fingerprint density at radius 3 is 2.64 bits per heavy atom. The Labute approximate surface area is 147 Å². The van der Waals surface area contributed by atoms with Crippen molar-refractivity contribution in [2.45, 2.75) is 32.5 Å². The van der Waals surface area contributed by atoms with Crippen LogP contribution in [0.25, 0.3) is 5.70 Å². The fourth-order valence-corrected chi connectivity index (χ4v) is 3.77. The van der Waals surface area contributed by atoms with Gasteiger partial charge in [0.05, 0.1) is 24.4 Å². The van der Waals surface area contributed by atoms with E-state index in [-0.39, 0.29) is 18.7 Å². The third-order valence-electron chi connectivity index (χ3n) is 4.94. The fraction of sp³-hybridized carbons (Fsp3) is 0.368. The molecule has 0 bridgehead atoms. The van der Waals surface area contributed by atoms with Gasteiger partial charge in [-0.25, -0.2) is 0 Å². The minimum atomic E-state index is 0.0869. The Morgan fingerprint density at radius 1 is 1.08 bits per heavy atom. The summed E-state index contributed by atoms with van der Waals surface area (Å²) in [5.41, 5.74) is 3.50. The van der Waals surface area contributed by atoms with Crippen LogP contribution in [-0.4, -0.2) is 44.0 Å². The number of allylic oxidation sites excluding steroid dienone is 1. The van der Waals surface area contributed by atoms with E-state index in [4.69, 9.17) is 0 Å². The van der Waals surface area contributed by atoms with Gasteiger partial charge in [0.25, 0.3) is 0 Å². The van der Waals surface area contributed by atoms with Gasteiger partial charge in [-0.2, -0.15) is 0 Å². The van der Waals surface area contributed by atoms with Crippen LogP contribution >= 0.6 is 0 Å². The van der Waals surface area contributed by atoms with Gasteiger partial charge >= 0.3 is 0 Å². The first-order valence-corrected chi connectivity index (χ1v) is 8.66. The number of aliphatic hydroxyl groups is 1. The van der Waals surface area contributed by atoms with Gasteiger partial charge in [0.1, 0.15) is 5.82 Å². The highest BCUT2D eigenvalue weighted by Gasteiger charge is 2.38. The molecule has 130 valence electrons. The monoisotopic (exact) mass is 337 g/mol. The minimum absolute atomic E-state index is 0.0869. The van der Waals surface area contributed by atoms with E-state index in [9.17, 15) is 5.11 Å². The number of fused-ring (bicyclic) bond motifs is 3. The lowest BCUT2D eigenvalue weighted by atomic mass is 10.0. The first kappa shape index (κ1) is 15.9. The zero-order chi connectivity index (χ0) is 17.4. The molecule has 0 aliphatic carbocycles. The van der Waals surface area contributed by atoms with Gasteiger partial charge in [-0.05, 0) is 31.6 Å². The Kier molecular flexibility index (Phi) is 4.05. The molecule has 2 atom stereocenters. The predicted octanol–water partition coefficient (Wildman–Crippen LogP) is 1.85. The Bertz CT molecular complexity index is 824. The Hall–Kier alpha value is -2.60. The summed E-state index contributed by atoms with van der Waals surface area (Å²) in [6, 6.07) is 10.9. The van der Waals surface area contributed by atoms with Crippen molar-refractivity contribution in [1.82, 2.24) is 25.0 Å². The number of benzene rings is 1. The van der Waals surface area contributed by atoms with Gasteiger partial charge in [-0.15, -0.1) is 10.2 Å². The second kappa shape index (κ2) is 6.37. The zero-order valence-electron chi connectivity index (χ0n) is 14.6. The number of rotatable bonds is 5. The van der Waals surface area contributed by atoms with Crippen molar-refractivity contribution in [2.75, 3.05) is 13.2 Å². The van der Waals surface area contributed by atoms with Crippen LogP contribution in [0.3, 0.4) is 0 Å². The van der Waals surface area contributed by atoms with E-state index in [1.165, 1.54) is 11.3 Å². The molecule has 4 rings (SSSR count). The summed E-state index contributed by atoms with van der Waals surface area (Å²) in [7, 11) is 0. The van der Waals surface area contributed by atoms with Crippen LogP contribution < -0.4 is 5.32 Å². The van der Waals surface area contributed by atoms with Crippen molar-refractivity contribution >= 4 is 5.70 Å². The van der Waals surface area contributed by atoms with Gasteiger partial charge < -0.3 is 19.9 Å². The quantitative estimate of drug-likeness (QED) is 0.872. The number of aryl methyl sites for hydroxylation is 1.